The van der Waals surface area contributed by atoms with Crippen LogP contribution in [0.15, 0.2) is 22.7 Å². The van der Waals surface area contributed by atoms with Gasteiger partial charge in [0, 0.05) is 16.2 Å². The number of carboxylic acids is 1. The van der Waals surface area contributed by atoms with Crippen molar-refractivity contribution in [2.24, 2.45) is 0 Å². The predicted octanol–water partition coefficient (Wildman–Crippen LogP) is 4.28. The topological polar surface area (TPSA) is 49.3 Å². The standard InChI is InChI=1S/C14H18BrNO2/c15-11-7-10(14(17)18)8-13(9-11)16-12-5-3-1-2-4-6-12/h7-9,12,16H,1-6H2,(H,17,18). The maximum absolute atomic E-state index is 11.0. The largest absolute Gasteiger partial charge is 0.478 e. The van der Waals surface area contributed by atoms with Crippen molar-refractivity contribution in [3.63, 3.8) is 0 Å². The molecule has 0 bridgehead atoms. The number of rotatable bonds is 3. The van der Waals surface area contributed by atoms with Crippen LogP contribution in [0.25, 0.3) is 0 Å². The average molecular weight is 312 g/mol. The summed E-state index contributed by atoms with van der Waals surface area (Å²) in [4.78, 5) is 11.0. The molecule has 1 aliphatic rings. The van der Waals surface area contributed by atoms with Crippen LogP contribution in [-0.2, 0) is 0 Å². The molecule has 18 heavy (non-hydrogen) atoms. The lowest BCUT2D eigenvalue weighted by Gasteiger charge is -2.18. The van der Waals surface area contributed by atoms with Gasteiger partial charge in [0.1, 0.15) is 0 Å². The van der Waals surface area contributed by atoms with Crippen LogP contribution in [0.4, 0.5) is 5.69 Å². The van der Waals surface area contributed by atoms with E-state index in [2.05, 4.69) is 21.2 Å². The number of halogens is 1. The molecule has 4 heteroatoms. The number of aromatic carboxylic acids is 1. The van der Waals surface area contributed by atoms with E-state index in [0.717, 1.165) is 10.2 Å². The first-order valence-corrected chi connectivity index (χ1v) is 7.25. The Balaban J connectivity index is 2.10. The van der Waals surface area contributed by atoms with E-state index in [1.807, 2.05) is 6.07 Å². The maximum atomic E-state index is 11.0. The quantitative estimate of drug-likeness (QED) is 0.819. The highest BCUT2D eigenvalue weighted by atomic mass is 79.9. The Hall–Kier alpha value is -1.03. The van der Waals surface area contributed by atoms with Crippen LogP contribution in [-0.4, -0.2) is 17.1 Å². The highest BCUT2D eigenvalue weighted by molar-refractivity contribution is 9.10. The first-order chi connectivity index (χ1) is 8.65. The van der Waals surface area contributed by atoms with Crippen LogP contribution < -0.4 is 5.32 Å². The van der Waals surface area contributed by atoms with Gasteiger partial charge in [-0.3, -0.25) is 0 Å². The van der Waals surface area contributed by atoms with Crippen LogP contribution in [0.2, 0.25) is 0 Å². The number of benzene rings is 1. The van der Waals surface area contributed by atoms with Crippen molar-refractivity contribution in [3.05, 3.63) is 28.2 Å². The molecule has 1 aliphatic carbocycles. The molecule has 0 saturated heterocycles. The maximum Gasteiger partial charge on any atom is 0.335 e. The summed E-state index contributed by atoms with van der Waals surface area (Å²) in [6.45, 7) is 0. The molecule has 0 amide bonds. The van der Waals surface area contributed by atoms with Crippen LogP contribution in [0.1, 0.15) is 48.9 Å². The fourth-order valence-electron chi connectivity index (χ4n) is 2.46. The van der Waals surface area contributed by atoms with Crippen molar-refractivity contribution in [3.8, 4) is 0 Å². The summed E-state index contributed by atoms with van der Waals surface area (Å²) in [7, 11) is 0. The van der Waals surface area contributed by atoms with Gasteiger partial charge in [-0.25, -0.2) is 4.79 Å². The van der Waals surface area contributed by atoms with E-state index in [1.54, 1.807) is 12.1 Å². The molecule has 0 spiro atoms. The fourth-order valence-corrected chi connectivity index (χ4v) is 2.95. The van der Waals surface area contributed by atoms with Crippen molar-refractivity contribution < 1.29 is 9.90 Å². The van der Waals surface area contributed by atoms with Gasteiger partial charge < -0.3 is 10.4 Å². The lowest BCUT2D eigenvalue weighted by molar-refractivity contribution is 0.0697. The number of anilines is 1. The molecular weight excluding hydrogens is 294 g/mol. The number of carbonyl (C=O) groups is 1. The van der Waals surface area contributed by atoms with Crippen LogP contribution >= 0.6 is 15.9 Å². The van der Waals surface area contributed by atoms with Crippen molar-refractivity contribution in [2.45, 2.75) is 44.6 Å². The third-order valence-electron chi connectivity index (χ3n) is 3.37. The second kappa shape index (κ2) is 6.23. The first-order valence-electron chi connectivity index (χ1n) is 6.45. The van der Waals surface area contributed by atoms with E-state index < -0.39 is 5.97 Å². The molecule has 2 rings (SSSR count). The minimum absolute atomic E-state index is 0.320. The zero-order valence-corrected chi connectivity index (χ0v) is 11.9. The zero-order chi connectivity index (χ0) is 13.0. The van der Waals surface area contributed by atoms with E-state index in [0.29, 0.717) is 11.6 Å². The molecule has 3 nitrogen and oxygen atoms in total. The minimum atomic E-state index is -0.889. The Labute approximate surface area is 116 Å². The number of carboxylic acid groups (broad SMARTS) is 1. The Morgan fingerprint density at radius 1 is 1.17 bits per heavy atom. The highest BCUT2D eigenvalue weighted by Gasteiger charge is 2.13. The summed E-state index contributed by atoms with van der Waals surface area (Å²) in [5.41, 5.74) is 1.22. The van der Waals surface area contributed by atoms with Crippen LogP contribution in [0.5, 0.6) is 0 Å². The number of hydrogen-bond donors (Lipinski definition) is 2. The molecule has 1 aromatic rings. The normalized spacial score (nSPS) is 17.2. The van der Waals surface area contributed by atoms with Gasteiger partial charge in [-0.15, -0.1) is 0 Å². The summed E-state index contributed by atoms with van der Waals surface area (Å²) >= 11 is 3.36. The molecule has 1 fully saturated rings. The Kier molecular flexibility index (Phi) is 4.64. The molecule has 0 aromatic heterocycles. The monoisotopic (exact) mass is 311 g/mol. The third-order valence-corrected chi connectivity index (χ3v) is 3.83. The Bertz CT molecular complexity index is 426. The van der Waals surface area contributed by atoms with Crippen molar-refractivity contribution in [1.29, 1.82) is 0 Å². The fraction of sp³-hybridized carbons (Fsp3) is 0.500. The lowest BCUT2D eigenvalue weighted by atomic mass is 10.1. The van der Waals surface area contributed by atoms with E-state index in [9.17, 15) is 4.79 Å². The Morgan fingerprint density at radius 2 is 1.83 bits per heavy atom. The van der Waals surface area contributed by atoms with Gasteiger partial charge in [0.05, 0.1) is 5.56 Å². The molecule has 0 radical (unpaired) electrons. The highest BCUT2D eigenvalue weighted by Crippen LogP contribution is 2.24. The summed E-state index contributed by atoms with van der Waals surface area (Å²) in [5, 5.41) is 12.5. The second-order valence-corrected chi connectivity index (χ2v) is 5.78. The summed E-state index contributed by atoms with van der Waals surface area (Å²) in [6, 6.07) is 5.75. The van der Waals surface area contributed by atoms with E-state index in [-0.39, 0.29) is 0 Å². The predicted molar refractivity (Wildman–Crippen MR) is 76.2 cm³/mol. The molecule has 1 saturated carbocycles. The van der Waals surface area contributed by atoms with Gasteiger partial charge in [-0.2, -0.15) is 0 Å². The zero-order valence-electron chi connectivity index (χ0n) is 10.3. The third kappa shape index (κ3) is 3.73. The number of hydrogen-bond acceptors (Lipinski definition) is 2. The molecular formula is C14H18BrNO2. The lowest BCUT2D eigenvalue weighted by Crippen LogP contribution is -2.18. The van der Waals surface area contributed by atoms with Gasteiger partial charge in [0.15, 0.2) is 0 Å². The smallest absolute Gasteiger partial charge is 0.335 e. The van der Waals surface area contributed by atoms with E-state index >= 15 is 0 Å². The minimum Gasteiger partial charge on any atom is -0.478 e. The van der Waals surface area contributed by atoms with Crippen LogP contribution in [0.3, 0.4) is 0 Å². The second-order valence-electron chi connectivity index (χ2n) is 4.87. The molecule has 1 aromatic carbocycles. The molecule has 98 valence electrons. The summed E-state index contributed by atoms with van der Waals surface area (Å²) in [6.07, 6.45) is 7.51. The Morgan fingerprint density at radius 3 is 2.44 bits per heavy atom. The van der Waals surface area contributed by atoms with Gasteiger partial charge >= 0.3 is 5.97 Å². The van der Waals surface area contributed by atoms with E-state index in [1.165, 1.54) is 38.5 Å². The summed E-state index contributed by atoms with van der Waals surface area (Å²) in [5.74, 6) is -0.889. The first kappa shape index (κ1) is 13.4. The molecule has 0 aliphatic heterocycles. The van der Waals surface area contributed by atoms with Crippen molar-refractivity contribution in [1.82, 2.24) is 0 Å². The van der Waals surface area contributed by atoms with E-state index in [4.69, 9.17) is 5.11 Å². The molecule has 0 unspecified atom stereocenters. The average Bonchev–Trinajstić information content (AvgIpc) is 2.57. The van der Waals surface area contributed by atoms with Crippen LogP contribution in [0, 0.1) is 0 Å². The van der Waals surface area contributed by atoms with Gasteiger partial charge in [0.25, 0.3) is 0 Å². The van der Waals surface area contributed by atoms with Crippen molar-refractivity contribution >= 4 is 27.6 Å². The van der Waals surface area contributed by atoms with Gasteiger partial charge in [0.2, 0.25) is 0 Å². The van der Waals surface area contributed by atoms with Gasteiger partial charge in [-0.1, -0.05) is 41.6 Å². The SMILES string of the molecule is O=C(O)c1cc(Br)cc(NC2CCCCCC2)c1. The number of nitrogens with one attached hydrogen (secondary N) is 1. The molecule has 0 atom stereocenters. The summed E-state index contributed by atoms with van der Waals surface area (Å²) < 4.78 is 0.804. The molecule has 2 N–H and O–H groups in total. The van der Waals surface area contributed by atoms with Crippen molar-refractivity contribution in [2.75, 3.05) is 5.32 Å². The molecule has 0 heterocycles. The van der Waals surface area contributed by atoms with Gasteiger partial charge in [-0.05, 0) is 31.0 Å².